The van der Waals surface area contributed by atoms with Crippen LogP contribution in [0, 0.1) is 0 Å². The van der Waals surface area contributed by atoms with Crippen LogP contribution in [0.1, 0.15) is 17.5 Å². The normalized spacial score (nSPS) is 18.0. The van der Waals surface area contributed by atoms with Crippen LogP contribution in [0.15, 0.2) is 54.6 Å². The van der Waals surface area contributed by atoms with Gasteiger partial charge in [0.15, 0.2) is 0 Å². The van der Waals surface area contributed by atoms with Crippen molar-refractivity contribution in [3.63, 3.8) is 0 Å². The SMILES string of the molecule is Cl.O=C(NCc1ccc(OCc2ccccc2)cc1)C1CC(F)(F)CN1. The van der Waals surface area contributed by atoms with Crippen LogP contribution in [0.5, 0.6) is 5.75 Å². The Kier molecular flexibility index (Phi) is 6.94. The maximum absolute atomic E-state index is 13.1. The summed E-state index contributed by atoms with van der Waals surface area (Å²) in [6.45, 7) is 0.332. The monoisotopic (exact) mass is 382 g/mol. The summed E-state index contributed by atoms with van der Waals surface area (Å²) in [4.78, 5) is 11.9. The molecule has 1 atom stereocenters. The second-order valence-corrected chi connectivity index (χ2v) is 6.13. The molecule has 0 aliphatic carbocycles. The minimum atomic E-state index is -2.81. The molecule has 1 heterocycles. The molecule has 2 aromatic rings. The van der Waals surface area contributed by atoms with E-state index >= 15 is 0 Å². The van der Waals surface area contributed by atoms with Gasteiger partial charge < -0.3 is 10.1 Å². The third-order valence-electron chi connectivity index (χ3n) is 4.06. The van der Waals surface area contributed by atoms with E-state index in [1.807, 2.05) is 54.6 Å². The lowest BCUT2D eigenvalue weighted by molar-refractivity contribution is -0.123. The van der Waals surface area contributed by atoms with E-state index in [9.17, 15) is 13.6 Å². The van der Waals surface area contributed by atoms with Crippen molar-refractivity contribution in [3.8, 4) is 5.75 Å². The highest BCUT2D eigenvalue weighted by Gasteiger charge is 2.42. The number of amides is 1. The summed E-state index contributed by atoms with van der Waals surface area (Å²) < 4.78 is 31.9. The van der Waals surface area contributed by atoms with Gasteiger partial charge in [-0.25, -0.2) is 8.78 Å². The van der Waals surface area contributed by atoms with Gasteiger partial charge in [-0.3, -0.25) is 10.1 Å². The average molecular weight is 383 g/mol. The molecule has 4 nitrogen and oxygen atoms in total. The summed E-state index contributed by atoms with van der Waals surface area (Å²) >= 11 is 0. The predicted molar refractivity (Wildman–Crippen MR) is 97.7 cm³/mol. The number of hydrogen-bond donors (Lipinski definition) is 2. The van der Waals surface area contributed by atoms with Gasteiger partial charge in [-0.1, -0.05) is 42.5 Å². The summed E-state index contributed by atoms with van der Waals surface area (Å²) in [6, 6.07) is 16.4. The van der Waals surface area contributed by atoms with Gasteiger partial charge in [-0.05, 0) is 23.3 Å². The number of nitrogens with one attached hydrogen (secondary N) is 2. The Morgan fingerprint density at radius 3 is 2.42 bits per heavy atom. The standard InChI is InChI=1S/C19H20F2N2O2.ClH/c20-19(21)10-17(23-13-19)18(24)22-11-14-6-8-16(9-7-14)25-12-15-4-2-1-3-5-15;/h1-9,17,23H,10-13H2,(H,22,24);1H. The van der Waals surface area contributed by atoms with Gasteiger partial charge in [-0.15, -0.1) is 12.4 Å². The molecule has 1 saturated heterocycles. The molecule has 3 rings (SSSR count). The van der Waals surface area contributed by atoms with Crippen molar-refractivity contribution in [1.29, 1.82) is 0 Å². The number of carbonyl (C=O) groups excluding carboxylic acids is 1. The molecule has 2 aromatic carbocycles. The molecule has 0 aromatic heterocycles. The van der Waals surface area contributed by atoms with Crippen molar-refractivity contribution < 1.29 is 18.3 Å². The largest absolute Gasteiger partial charge is 0.489 e. The first-order chi connectivity index (χ1) is 12.0. The van der Waals surface area contributed by atoms with Crippen LogP contribution in [0.3, 0.4) is 0 Å². The van der Waals surface area contributed by atoms with Crippen molar-refractivity contribution in [1.82, 2.24) is 10.6 Å². The van der Waals surface area contributed by atoms with E-state index < -0.39 is 30.8 Å². The first-order valence-corrected chi connectivity index (χ1v) is 8.16. The highest BCUT2D eigenvalue weighted by atomic mass is 35.5. The number of hydrogen-bond acceptors (Lipinski definition) is 3. The Morgan fingerprint density at radius 2 is 1.81 bits per heavy atom. The summed E-state index contributed by atoms with van der Waals surface area (Å²) in [5, 5.41) is 5.22. The molecular weight excluding hydrogens is 362 g/mol. The molecule has 26 heavy (non-hydrogen) atoms. The molecule has 1 fully saturated rings. The minimum Gasteiger partial charge on any atom is -0.489 e. The van der Waals surface area contributed by atoms with E-state index in [0.29, 0.717) is 13.2 Å². The van der Waals surface area contributed by atoms with Gasteiger partial charge in [-0.2, -0.15) is 0 Å². The Balaban J connectivity index is 0.00000243. The fraction of sp³-hybridized carbons (Fsp3) is 0.316. The van der Waals surface area contributed by atoms with Gasteiger partial charge in [0, 0.05) is 13.0 Å². The van der Waals surface area contributed by atoms with Gasteiger partial charge in [0.1, 0.15) is 12.4 Å². The number of carbonyl (C=O) groups is 1. The number of benzene rings is 2. The Hall–Kier alpha value is -2.18. The third kappa shape index (κ3) is 5.68. The first-order valence-electron chi connectivity index (χ1n) is 8.16. The maximum atomic E-state index is 13.1. The predicted octanol–water partition coefficient (Wildman–Crippen LogP) is 3.30. The summed E-state index contributed by atoms with van der Waals surface area (Å²) in [7, 11) is 0. The minimum absolute atomic E-state index is 0. The lowest BCUT2D eigenvalue weighted by Crippen LogP contribution is -2.39. The van der Waals surface area contributed by atoms with Gasteiger partial charge in [0.25, 0.3) is 5.92 Å². The van der Waals surface area contributed by atoms with E-state index in [1.54, 1.807) is 0 Å². The van der Waals surface area contributed by atoms with Crippen LogP contribution < -0.4 is 15.4 Å². The quantitative estimate of drug-likeness (QED) is 0.806. The lowest BCUT2D eigenvalue weighted by atomic mass is 10.1. The van der Waals surface area contributed by atoms with E-state index in [2.05, 4.69) is 10.6 Å². The molecule has 1 aliphatic heterocycles. The number of rotatable bonds is 6. The van der Waals surface area contributed by atoms with Crippen LogP contribution in [0.4, 0.5) is 8.78 Å². The maximum Gasteiger partial charge on any atom is 0.262 e. The fourth-order valence-electron chi connectivity index (χ4n) is 2.66. The second kappa shape index (κ2) is 8.96. The van der Waals surface area contributed by atoms with Gasteiger partial charge in [0.05, 0.1) is 12.6 Å². The molecule has 0 spiro atoms. The zero-order valence-electron chi connectivity index (χ0n) is 14.1. The second-order valence-electron chi connectivity index (χ2n) is 6.13. The summed E-state index contributed by atoms with van der Waals surface area (Å²) in [5.74, 6) is -2.47. The van der Waals surface area contributed by atoms with Crippen molar-refractivity contribution in [2.45, 2.75) is 31.5 Å². The smallest absolute Gasteiger partial charge is 0.262 e. The van der Waals surface area contributed by atoms with Crippen molar-refractivity contribution in [2.75, 3.05) is 6.54 Å². The zero-order valence-corrected chi connectivity index (χ0v) is 14.9. The molecule has 0 bridgehead atoms. The first kappa shape index (κ1) is 20.1. The van der Waals surface area contributed by atoms with E-state index in [-0.39, 0.29) is 12.4 Å². The summed E-state index contributed by atoms with van der Waals surface area (Å²) in [5.41, 5.74) is 1.96. The van der Waals surface area contributed by atoms with Crippen LogP contribution in [0.2, 0.25) is 0 Å². The van der Waals surface area contributed by atoms with E-state index in [1.165, 1.54) is 0 Å². The Bertz CT molecular complexity index is 711. The van der Waals surface area contributed by atoms with Crippen molar-refractivity contribution in [3.05, 3.63) is 65.7 Å². The highest BCUT2D eigenvalue weighted by Crippen LogP contribution is 2.25. The van der Waals surface area contributed by atoms with Crippen molar-refractivity contribution in [2.24, 2.45) is 0 Å². The molecule has 7 heteroatoms. The highest BCUT2D eigenvalue weighted by molar-refractivity contribution is 5.85. The van der Waals surface area contributed by atoms with Crippen molar-refractivity contribution >= 4 is 18.3 Å². The van der Waals surface area contributed by atoms with Crippen LogP contribution in [0.25, 0.3) is 0 Å². The zero-order chi connectivity index (χ0) is 17.7. The summed E-state index contributed by atoms with van der Waals surface area (Å²) in [6.07, 6.45) is -0.453. The number of alkyl halides is 2. The van der Waals surface area contributed by atoms with Gasteiger partial charge >= 0.3 is 0 Å². The molecule has 0 radical (unpaired) electrons. The Morgan fingerprint density at radius 1 is 1.12 bits per heavy atom. The van der Waals surface area contributed by atoms with Crippen LogP contribution in [-0.2, 0) is 17.9 Å². The van der Waals surface area contributed by atoms with E-state index in [4.69, 9.17) is 4.74 Å². The lowest BCUT2D eigenvalue weighted by Gasteiger charge is -2.12. The molecule has 1 aliphatic rings. The fourth-order valence-corrected chi connectivity index (χ4v) is 2.66. The van der Waals surface area contributed by atoms with Crippen LogP contribution in [-0.4, -0.2) is 24.4 Å². The molecule has 1 unspecified atom stereocenters. The molecule has 140 valence electrons. The third-order valence-corrected chi connectivity index (χ3v) is 4.06. The topological polar surface area (TPSA) is 50.4 Å². The van der Waals surface area contributed by atoms with Gasteiger partial charge in [0.2, 0.25) is 5.91 Å². The van der Waals surface area contributed by atoms with Crippen LogP contribution >= 0.6 is 12.4 Å². The molecule has 2 N–H and O–H groups in total. The van der Waals surface area contributed by atoms with E-state index in [0.717, 1.165) is 16.9 Å². The molecular formula is C19H21ClF2N2O2. The average Bonchev–Trinajstić information content (AvgIpc) is 3.00. The Labute approximate surface area is 157 Å². The molecule has 1 amide bonds. The number of ether oxygens (including phenoxy) is 1. The number of halogens is 3. The molecule has 0 saturated carbocycles.